The fraction of sp³-hybridized carbons (Fsp3) is 0.154. The summed E-state index contributed by atoms with van der Waals surface area (Å²) in [4.78, 5) is 19.0. The molecule has 0 aliphatic rings. The summed E-state index contributed by atoms with van der Waals surface area (Å²) in [6.07, 6.45) is 1.66. The summed E-state index contributed by atoms with van der Waals surface area (Å²) in [5.41, 5.74) is 0.991. The predicted molar refractivity (Wildman–Crippen MR) is 74.3 cm³/mol. The first-order chi connectivity index (χ1) is 9.58. The van der Waals surface area contributed by atoms with E-state index in [9.17, 15) is 4.79 Å². The van der Waals surface area contributed by atoms with Gasteiger partial charge >= 0.3 is 5.97 Å². The highest BCUT2D eigenvalue weighted by Gasteiger charge is 2.07. The summed E-state index contributed by atoms with van der Waals surface area (Å²) in [7, 11) is 1.55. The molecular formula is C13H12ClN3O3. The largest absolute Gasteiger partial charge is 0.481 e. The second kappa shape index (κ2) is 6.21. The van der Waals surface area contributed by atoms with Gasteiger partial charge in [0.05, 0.1) is 12.7 Å². The van der Waals surface area contributed by atoms with E-state index in [1.165, 1.54) is 12.1 Å². The summed E-state index contributed by atoms with van der Waals surface area (Å²) in [6.45, 7) is 0.448. The van der Waals surface area contributed by atoms with E-state index in [1.54, 1.807) is 19.4 Å². The number of ether oxygens (including phenoxy) is 1. The molecule has 0 amide bonds. The van der Waals surface area contributed by atoms with E-state index in [4.69, 9.17) is 21.4 Å². The van der Waals surface area contributed by atoms with Crippen molar-refractivity contribution in [2.75, 3.05) is 12.4 Å². The zero-order valence-electron chi connectivity index (χ0n) is 10.6. The number of methoxy groups -OCH3 is 1. The molecule has 6 nitrogen and oxygen atoms in total. The lowest BCUT2D eigenvalue weighted by Crippen LogP contribution is -2.05. The Hall–Kier alpha value is -2.34. The van der Waals surface area contributed by atoms with Crippen LogP contribution in [0.15, 0.2) is 30.5 Å². The van der Waals surface area contributed by atoms with Gasteiger partial charge in [-0.2, -0.15) is 0 Å². The smallest absolute Gasteiger partial charge is 0.335 e. The third-order valence-corrected chi connectivity index (χ3v) is 2.72. The molecule has 0 radical (unpaired) electrons. The minimum Gasteiger partial charge on any atom is -0.481 e. The van der Waals surface area contributed by atoms with Crippen molar-refractivity contribution in [1.82, 2.24) is 9.97 Å². The first kappa shape index (κ1) is 14.1. The zero-order chi connectivity index (χ0) is 14.5. The Morgan fingerprint density at radius 2 is 2.25 bits per heavy atom. The number of nitrogens with zero attached hydrogens (tertiary/aromatic N) is 2. The summed E-state index contributed by atoms with van der Waals surface area (Å²) in [6, 6.07) is 6.31. The number of carboxylic acid groups (broad SMARTS) is 1. The second-order valence-corrected chi connectivity index (χ2v) is 4.32. The van der Waals surface area contributed by atoms with Crippen molar-refractivity contribution in [3.8, 4) is 5.88 Å². The Morgan fingerprint density at radius 1 is 1.45 bits per heavy atom. The van der Waals surface area contributed by atoms with Crippen LogP contribution in [0, 0.1) is 0 Å². The number of halogens is 1. The van der Waals surface area contributed by atoms with Crippen LogP contribution >= 0.6 is 11.6 Å². The molecule has 0 spiro atoms. The lowest BCUT2D eigenvalue weighted by atomic mass is 10.2. The number of hydrogen-bond donors (Lipinski definition) is 2. The van der Waals surface area contributed by atoms with Crippen molar-refractivity contribution < 1.29 is 14.6 Å². The van der Waals surface area contributed by atoms with Gasteiger partial charge in [-0.15, -0.1) is 0 Å². The van der Waals surface area contributed by atoms with Crippen LogP contribution in [0.4, 0.5) is 5.82 Å². The van der Waals surface area contributed by atoms with Gasteiger partial charge in [0.25, 0.3) is 0 Å². The minimum atomic E-state index is -1.05. The molecule has 2 aromatic rings. The van der Waals surface area contributed by atoms with Crippen molar-refractivity contribution in [2.24, 2.45) is 0 Å². The van der Waals surface area contributed by atoms with Crippen LogP contribution in [0.1, 0.15) is 15.9 Å². The molecule has 0 saturated carbocycles. The number of anilines is 1. The Labute approximate surface area is 120 Å². The van der Waals surface area contributed by atoms with E-state index in [1.807, 2.05) is 6.07 Å². The summed E-state index contributed by atoms with van der Waals surface area (Å²) in [5, 5.41) is 12.1. The summed E-state index contributed by atoms with van der Waals surface area (Å²) >= 11 is 5.77. The van der Waals surface area contributed by atoms with Crippen LogP contribution < -0.4 is 10.1 Å². The molecule has 0 aliphatic carbocycles. The van der Waals surface area contributed by atoms with Gasteiger partial charge < -0.3 is 15.2 Å². The second-order valence-electron chi connectivity index (χ2n) is 3.93. The quantitative estimate of drug-likeness (QED) is 0.824. The minimum absolute atomic E-state index is 0.0837. The van der Waals surface area contributed by atoms with Gasteiger partial charge in [-0.3, -0.25) is 0 Å². The Balaban J connectivity index is 2.08. The third kappa shape index (κ3) is 3.58. The first-order valence-corrected chi connectivity index (χ1v) is 6.10. The van der Waals surface area contributed by atoms with Gasteiger partial charge in [0.2, 0.25) is 5.88 Å². The highest BCUT2D eigenvalue weighted by atomic mass is 35.5. The number of carboxylic acids is 1. The zero-order valence-corrected chi connectivity index (χ0v) is 11.4. The van der Waals surface area contributed by atoms with E-state index in [0.29, 0.717) is 18.2 Å². The first-order valence-electron chi connectivity index (χ1n) is 5.72. The SMILES string of the molecule is COc1ccc(CNc2cc(C(=O)O)cc(Cl)n2)cn1. The fourth-order valence-corrected chi connectivity index (χ4v) is 1.75. The van der Waals surface area contributed by atoms with E-state index in [0.717, 1.165) is 5.56 Å². The van der Waals surface area contributed by atoms with E-state index in [-0.39, 0.29) is 10.7 Å². The topological polar surface area (TPSA) is 84.3 Å². The average molecular weight is 294 g/mol. The molecule has 7 heteroatoms. The predicted octanol–water partition coefficient (Wildman–Crippen LogP) is 2.45. The third-order valence-electron chi connectivity index (χ3n) is 2.52. The van der Waals surface area contributed by atoms with Crippen molar-refractivity contribution in [3.05, 3.63) is 46.7 Å². The number of carbonyl (C=O) groups is 1. The summed E-state index contributed by atoms with van der Waals surface area (Å²) < 4.78 is 4.96. The molecule has 0 aliphatic heterocycles. The molecule has 0 saturated heterocycles. The van der Waals surface area contributed by atoms with Crippen LogP contribution in [-0.4, -0.2) is 28.2 Å². The van der Waals surface area contributed by atoms with Gasteiger partial charge in [0.15, 0.2) is 0 Å². The molecule has 0 bridgehead atoms. The maximum Gasteiger partial charge on any atom is 0.335 e. The molecule has 0 atom stereocenters. The molecular weight excluding hydrogens is 282 g/mol. The molecule has 0 unspecified atom stereocenters. The number of hydrogen-bond acceptors (Lipinski definition) is 5. The molecule has 20 heavy (non-hydrogen) atoms. The lowest BCUT2D eigenvalue weighted by molar-refractivity contribution is 0.0697. The Morgan fingerprint density at radius 3 is 2.85 bits per heavy atom. The van der Waals surface area contributed by atoms with Crippen molar-refractivity contribution in [3.63, 3.8) is 0 Å². The van der Waals surface area contributed by atoms with Crippen molar-refractivity contribution >= 4 is 23.4 Å². The molecule has 2 aromatic heterocycles. The molecule has 2 heterocycles. The van der Waals surface area contributed by atoms with E-state index >= 15 is 0 Å². The Kier molecular flexibility index (Phi) is 4.37. The molecule has 104 valence electrons. The average Bonchev–Trinajstić information content (AvgIpc) is 2.45. The van der Waals surface area contributed by atoms with Crippen molar-refractivity contribution in [1.29, 1.82) is 0 Å². The number of nitrogens with one attached hydrogen (secondary N) is 1. The monoisotopic (exact) mass is 293 g/mol. The highest BCUT2D eigenvalue weighted by molar-refractivity contribution is 6.29. The number of aromatic carboxylic acids is 1. The van der Waals surface area contributed by atoms with Gasteiger partial charge in [-0.1, -0.05) is 17.7 Å². The van der Waals surface area contributed by atoms with Gasteiger partial charge in [0, 0.05) is 18.8 Å². The van der Waals surface area contributed by atoms with Gasteiger partial charge in [-0.25, -0.2) is 14.8 Å². The number of rotatable bonds is 5. The lowest BCUT2D eigenvalue weighted by Gasteiger charge is -2.07. The van der Waals surface area contributed by atoms with E-state index in [2.05, 4.69) is 15.3 Å². The summed E-state index contributed by atoms with van der Waals surface area (Å²) in [5.74, 6) is -0.128. The van der Waals surface area contributed by atoms with Crippen LogP contribution in [0.25, 0.3) is 0 Å². The molecule has 2 N–H and O–H groups in total. The molecule has 0 aromatic carbocycles. The standard InChI is InChI=1S/C13H12ClN3O3/c1-20-12-3-2-8(7-16-12)6-15-11-5-9(13(18)19)4-10(14)17-11/h2-5,7H,6H2,1H3,(H,15,17)(H,18,19). The highest BCUT2D eigenvalue weighted by Crippen LogP contribution is 2.15. The molecule has 0 fully saturated rings. The number of pyridine rings is 2. The van der Waals surface area contributed by atoms with Gasteiger partial charge in [0.1, 0.15) is 11.0 Å². The van der Waals surface area contributed by atoms with Crippen LogP contribution in [0.3, 0.4) is 0 Å². The fourth-order valence-electron chi connectivity index (χ4n) is 1.54. The normalized spacial score (nSPS) is 10.1. The maximum absolute atomic E-state index is 10.9. The molecule has 2 rings (SSSR count). The number of aromatic nitrogens is 2. The van der Waals surface area contributed by atoms with Crippen molar-refractivity contribution in [2.45, 2.75) is 6.54 Å². The van der Waals surface area contributed by atoms with E-state index < -0.39 is 5.97 Å². The van der Waals surface area contributed by atoms with Crippen LogP contribution in [0.5, 0.6) is 5.88 Å². The van der Waals surface area contributed by atoms with Crippen LogP contribution in [-0.2, 0) is 6.54 Å². The van der Waals surface area contributed by atoms with Gasteiger partial charge in [-0.05, 0) is 17.7 Å². The Bertz CT molecular complexity index is 617. The van der Waals surface area contributed by atoms with Crippen LogP contribution in [0.2, 0.25) is 5.15 Å². The maximum atomic E-state index is 10.9.